The van der Waals surface area contributed by atoms with Crippen LogP contribution in [0.1, 0.15) is 40.5 Å². The molecule has 27 heavy (non-hydrogen) atoms. The van der Waals surface area contributed by atoms with E-state index in [0.29, 0.717) is 0 Å². The van der Waals surface area contributed by atoms with E-state index >= 15 is 0 Å². The molecule has 0 saturated carbocycles. The van der Waals surface area contributed by atoms with Crippen molar-refractivity contribution < 1.29 is 33.3 Å². The molecule has 1 saturated heterocycles. The van der Waals surface area contributed by atoms with Gasteiger partial charge in [-0.3, -0.25) is 14.4 Å². The van der Waals surface area contributed by atoms with E-state index in [-0.39, 0.29) is 6.61 Å². The van der Waals surface area contributed by atoms with Crippen molar-refractivity contribution >= 4 is 29.7 Å². The zero-order valence-electron chi connectivity index (χ0n) is 15.8. The number of azide groups is 1. The molecule has 0 spiro atoms. The van der Waals surface area contributed by atoms with E-state index in [0.717, 1.165) is 18.6 Å². The molecule has 0 unspecified atom stereocenters. The summed E-state index contributed by atoms with van der Waals surface area (Å²) < 4.78 is 21.5. The van der Waals surface area contributed by atoms with Crippen molar-refractivity contribution in [2.45, 2.75) is 70.3 Å². The molecule has 1 fully saturated rings. The number of nitrogens with zero attached hydrogens (tertiary/aromatic N) is 3. The minimum atomic E-state index is -1.06. The van der Waals surface area contributed by atoms with Crippen molar-refractivity contribution in [1.29, 1.82) is 0 Å². The van der Waals surface area contributed by atoms with Crippen LogP contribution in [0.5, 0.6) is 0 Å². The topological polar surface area (TPSA) is 137 Å². The summed E-state index contributed by atoms with van der Waals surface area (Å²) in [7, 11) is 0. The summed E-state index contributed by atoms with van der Waals surface area (Å²) in [5.74, 6) is -1.02. The van der Waals surface area contributed by atoms with Gasteiger partial charge in [0.2, 0.25) is 0 Å². The van der Waals surface area contributed by atoms with Gasteiger partial charge in [0, 0.05) is 25.7 Å². The van der Waals surface area contributed by atoms with Gasteiger partial charge in [-0.15, -0.1) is 11.8 Å². The number of hydrogen-bond donors (Lipinski definition) is 0. The van der Waals surface area contributed by atoms with Gasteiger partial charge in [-0.2, -0.15) is 0 Å². The van der Waals surface area contributed by atoms with Gasteiger partial charge in [-0.25, -0.2) is 0 Å². The van der Waals surface area contributed by atoms with Gasteiger partial charge >= 0.3 is 17.9 Å². The normalized spacial score (nSPS) is 27.2. The first-order chi connectivity index (χ1) is 12.8. The average Bonchev–Trinajstić information content (AvgIpc) is 2.57. The van der Waals surface area contributed by atoms with Crippen LogP contribution in [0.25, 0.3) is 10.4 Å². The van der Waals surface area contributed by atoms with E-state index < -0.39 is 47.7 Å². The summed E-state index contributed by atoms with van der Waals surface area (Å²) in [5.41, 5.74) is 8.31. The van der Waals surface area contributed by atoms with E-state index in [1.54, 1.807) is 0 Å². The highest BCUT2D eigenvalue weighted by Gasteiger charge is 2.49. The Morgan fingerprint density at radius 2 is 1.74 bits per heavy atom. The Hall–Kier alpha value is -1.97. The third-order valence-corrected chi connectivity index (χ3v) is 4.87. The third-order valence-electron chi connectivity index (χ3n) is 3.64. The van der Waals surface area contributed by atoms with Gasteiger partial charge in [0.25, 0.3) is 0 Å². The predicted molar refractivity (Wildman–Crippen MR) is 96.7 cm³/mol. The number of ether oxygens (including phenoxy) is 4. The molecule has 1 rings (SSSR count). The minimum Gasteiger partial charge on any atom is -0.463 e. The van der Waals surface area contributed by atoms with Crippen LogP contribution in [0, 0.1) is 0 Å². The summed E-state index contributed by atoms with van der Waals surface area (Å²) in [5, 5.41) is 3.70. The molecule has 5 atom stereocenters. The highest BCUT2D eigenvalue weighted by molar-refractivity contribution is 7.99. The monoisotopic (exact) mass is 403 g/mol. The number of esters is 3. The van der Waals surface area contributed by atoms with E-state index in [1.807, 2.05) is 6.92 Å². The number of thioether (sulfide) groups is 1. The van der Waals surface area contributed by atoms with Crippen LogP contribution in [0.3, 0.4) is 0 Å². The van der Waals surface area contributed by atoms with Gasteiger partial charge in [-0.05, 0) is 17.7 Å². The van der Waals surface area contributed by atoms with Gasteiger partial charge in [0.05, 0.1) is 0 Å². The molecule has 0 radical (unpaired) electrons. The molecule has 0 aliphatic carbocycles. The molecule has 0 aromatic heterocycles. The SMILES string of the molecule is CCCCS[C@H]1O[C@H](COC(C)=O)[C@H](OC(C)=O)[C@H](N=[N+]=[N-])[C@H]1OC(C)=O. The van der Waals surface area contributed by atoms with Gasteiger partial charge < -0.3 is 18.9 Å². The van der Waals surface area contributed by atoms with Gasteiger partial charge in [-0.1, -0.05) is 18.5 Å². The summed E-state index contributed by atoms with van der Waals surface area (Å²) in [6, 6.07) is -1.02. The van der Waals surface area contributed by atoms with Crippen LogP contribution in [0.15, 0.2) is 5.11 Å². The van der Waals surface area contributed by atoms with Crippen molar-refractivity contribution in [1.82, 2.24) is 0 Å². The van der Waals surface area contributed by atoms with Crippen LogP contribution in [-0.2, 0) is 33.3 Å². The first-order valence-electron chi connectivity index (χ1n) is 8.59. The first kappa shape index (κ1) is 23.1. The van der Waals surface area contributed by atoms with Crippen LogP contribution in [0.2, 0.25) is 0 Å². The van der Waals surface area contributed by atoms with Crippen molar-refractivity contribution in [3.05, 3.63) is 10.4 Å². The minimum absolute atomic E-state index is 0.192. The summed E-state index contributed by atoms with van der Waals surface area (Å²) in [6.07, 6.45) is -1.00. The number of rotatable bonds is 9. The molecule has 0 N–H and O–H groups in total. The molecule has 1 aliphatic heterocycles. The molecule has 0 aromatic rings. The maximum atomic E-state index is 11.6. The highest BCUT2D eigenvalue weighted by Crippen LogP contribution is 2.34. The number of hydrogen-bond acceptors (Lipinski definition) is 9. The lowest BCUT2D eigenvalue weighted by atomic mass is 9.97. The van der Waals surface area contributed by atoms with E-state index in [9.17, 15) is 14.4 Å². The maximum absolute atomic E-state index is 11.6. The second-order valence-electron chi connectivity index (χ2n) is 5.91. The smallest absolute Gasteiger partial charge is 0.303 e. The highest BCUT2D eigenvalue weighted by atomic mass is 32.2. The number of unbranched alkanes of at least 4 members (excludes halogenated alkanes) is 1. The van der Waals surface area contributed by atoms with E-state index in [2.05, 4.69) is 10.0 Å². The van der Waals surface area contributed by atoms with Gasteiger partial charge in [0.15, 0.2) is 0 Å². The van der Waals surface area contributed by atoms with Crippen LogP contribution in [0.4, 0.5) is 0 Å². The van der Waals surface area contributed by atoms with Crippen molar-refractivity contribution in [2.24, 2.45) is 5.11 Å². The molecule has 10 nitrogen and oxygen atoms in total. The van der Waals surface area contributed by atoms with Crippen molar-refractivity contribution in [2.75, 3.05) is 12.4 Å². The van der Waals surface area contributed by atoms with Crippen LogP contribution in [-0.4, -0.2) is 60.1 Å². The molecular weight excluding hydrogens is 378 g/mol. The summed E-state index contributed by atoms with van der Waals surface area (Å²) in [6.45, 7) is 5.51. The fraction of sp³-hybridized carbons (Fsp3) is 0.812. The Morgan fingerprint density at radius 3 is 2.26 bits per heavy atom. The Kier molecular flexibility index (Phi) is 9.98. The summed E-state index contributed by atoms with van der Waals surface area (Å²) >= 11 is 1.40. The van der Waals surface area contributed by atoms with Crippen LogP contribution >= 0.6 is 11.8 Å². The number of carbonyl (C=O) groups is 3. The van der Waals surface area contributed by atoms with Gasteiger partial charge in [0.1, 0.15) is 36.4 Å². The first-order valence-corrected chi connectivity index (χ1v) is 9.64. The molecule has 1 heterocycles. The second-order valence-corrected chi connectivity index (χ2v) is 7.12. The Morgan fingerprint density at radius 1 is 1.11 bits per heavy atom. The predicted octanol–water partition coefficient (Wildman–Crippen LogP) is 2.35. The van der Waals surface area contributed by atoms with Crippen molar-refractivity contribution in [3.8, 4) is 0 Å². The lowest BCUT2D eigenvalue weighted by Crippen LogP contribution is -2.59. The van der Waals surface area contributed by atoms with Crippen LogP contribution < -0.4 is 0 Å². The standard InChI is InChI=1S/C16H25N3O7S/c1-5-6-7-27-16-15(25-11(4)22)13(18-19-17)14(24-10(3)21)12(26-16)8-23-9(2)20/h12-16H,5-8H2,1-4H3/t12-,13+,14+,15-,16-/m1/s1. The lowest BCUT2D eigenvalue weighted by molar-refractivity contribution is -0.201. The zero-order chi connectivity index (χ0) is 20.4. The molecular formula is C16H25N3O7S. The molecule has 0 amide bonds. The molecule has 152 valence electrons. The fourth-order valence-electron chi connectivity index (χ4n) is 2.55. The maximum Gasteiger partial charge on any atom is 0.303 e. The molecule has 1 aliphatic rings. The molecule has 0 bridgehead atoms. The van der Waals surface area contributed by atoms with Crippen molar-refractivity contribution in [3.63, 3.8) is 0 Å². The Labute approximate surface area is 161 Å². The van der Waals surface area contributed by atoms with E-state index in [1.165, 1.54) is 32.5 Å². The number of carbonyl (C=O) groups excluding carboxylic acids is 3. The largest absolute Gasteiger partial charge is 0.463 e. The quantitative estimate of drug-likeness (QED) is 0.143. The Balaban J connectivity index is 3.18. The van der Waals surface area contributed by atoms with E-state index in [4.69, 9.17) is 24.5 Å². The Bertz CT molecular complexity index is 582. The zero-order valence-corrected chi connectivity index (χ0v) is 16.6. The molecule has 0 aromatic carbocycles. The molecule has 11 heteroatoms. The average molecular weight is 403 g/mol. The summed E-state index contributed by atoms with van der Waals surface area (Å²) in [4.78, 5) is 37.1. The lowest BCUT2D eigenvalue weighted by Gasteiger charge is -2.43. The third kappa shape index (κ3) is 7.66. The second kappa shape index (κ2) is 11.7. The fourth-order valence-corrected chi connectivity index (χ4v) is 3.87.